The summed E-state index contributed by atoms with van der Waals surface area (Å²) in [5, 5.41) is 22.5. The molecule has 4 aromatic rings. The lowest BCUT2D eigenvalue weighted by Gasteiger charge is -2.36. The maximum atomic E-state index is 12.5. The Bertz CT molecular complexity index is 1580. The van der Waals surface area contributed by atoms with E-state index in [9.17, 15) is 9.90 Å². The van der Waals surface area contributed by atoms with Crippen LogP contribution >= 0.6 is 0 Å². The standard InChI is InChI=1S/C31H42N8O3/c1-19(2)24-16-34-39-27(33-15-22-17-37-11-6-7-23(20-8-9-20)28(37)35-22)13-26(36-29(24)39)32-14-21-10-12-38(18-25(21)40)30(41)42-31(3,4)5/h6-7,11,13,16-17,19-21,25,33,40H,8-10,12,14-15,18H2,1-5H3,(H,32,36)/t21-,25+/m1/s1. The number of carbonyl (C=O) groups excluding carboxylic acids is 1. The largest absolute Gasteiger partial charge is 0.444 e. The minimum atomic E-state index is -0.656. The van der Waals surface area contributed by atoms with Gasteiger partial charge in [0.25, 0.3) is 0 Å². The molecule has 2 fully saturated rings. The smallest absolute Gasteiger partial charge is 0.410 e. The highest BCUT2D eigenvalue weighted by molar-refractivity contribution is 5.68. The van der Waals surface area contributed by atoms with Gasteiger partial charge in [-0.25, -0.2) is 14.8 Å². The first kappa shape index (κ1) is 28.3. The average molecular weight is 575 g/mol. The molecule has 11 nitrogen and oxygen atoms in total. The molecule has 2 atom stereocenters. The second-order valence-corrected chi connectivity index (χ2v) is 13.0. The second-order valence-electron chi connectivity index (χ2n) is 13.0. The van der Waals surface area contributed by atoms with Crippen LogP contribution in [0.25, 0.3) is 11.3 Å². The molecule has 1 saturated heterocycles. The van der Waals surface area contributed by atoms with Gasteiger partial charge in [-0.3, -0.25) is 0 Å². The van der Waals surface area contributed by atoms with Crippen molar-refractivity contribution < 1.29 is 14.6 Å². The first-order valence-corrected chi connectivity index (χ1v) is 15.0. The molecule has 5 heterocycles. The van der Waals surface area contributed by atoms with Crippen LogP contribution in [0.5, 0.6) is 0 Å². The Morgan fingerprint density at radius 2 is 1.98 bits per heavy atom. The molecular formula is C31H42N8O3. The van der Waals surface area contributed by atoms with E-state index in [-0.39, 0.29) is 24.5 Å². The van der Waals surface area contributed by atoms with E-state index < -0.39 is 11.7 Å². The van der Waals surface area contributed by atoms with Gasteiger partial charge in [-0.15, -0.1) is 0 Å². The summed E-state index contributed by atoms with van der Waals surface area (Å²) in [5.74, 6) is 2.39. The number of carbonyl (C=O) groups is 1. The zero-order valence-corrected chi connectivity index (χ0v) is 25.2. The van der Waals surface area contributed by atoms with Crippen molar-refractivity contribution in [1.29, 1.82) is 0 Å². The number of likely N-dealkylation sites (tertiary alicyclic amines) is 1. The zero-order valence-electron chi connectivity index (χ0n) is 25.2. The summed E-state index contributed by atoms with van der Waals surface area (Å²) >= 11 is 0. The Kier molecular flexibility index (Phi) is 7.46. The summed E-state index contributed by atoms with van der Waals surface area (Å²) in [4.78, 5) is 23.9. The summed E-state index contributed by atoms with van der Waals surface area (Å²) < 4.78 is 9.45. The van der Waals surface area contributed by atoms with Gasteiger partial charge in [-0.1, -0.05) is 19.9 Å². The number of aliphatic hydroxyl groups excluding tert-OH is 1. The Morgan fingerprint density at radius 3 is 2.69 bits per heavy atom. The number of ether oxygens (including phenoxy) is 1. The van der Waals surface area contributed by atoms with Gasteiger partial charge in [0.05, 0.1) is 31.1 Å². The number of amides is 1. The molecule has 0 unspecified atom stereocenters. The van der Waals surface area contributed by atoms with Gasteiger partial charge in [0.2, 0.25) is 0 Å². The van der Waals surface area contributed by atoms with Crippen molar-refractivity contribution in [3.8, 4) is 0 Å². The van der Waals surface area contributed by atoms with Crippen LogP contribution in [-0.4, -0.2) is 71.4 Å². The molecule has 1 amide bonds. The van der Waals surface area contributed by atoms with E-state index in [2.05, 4.69) is 58.5 Å². The lowest BCUT2D eigenvalue weighted by atomic mass is 9.94. The predicted molar refractivity (Wildman–Crippen MR) is 162 cm³/mol. The summed E-state index contributed by atoms with van der Waals surface area (Å²) in [6.45, 7) is 11.7. The van der Waals surface area contributed by atoms with Crippen LogP contribution in [0.1, 0.15) is 82.5 Å². The molecule has 4 aromatic heterocycles. The van der Waals surface area contributed by atoms with Gasteiger partial charge in [0.15, 0.2) is 5.65 Å². The van der Waals surface area contributed by atoms with Gasteiger partial charge in [0, 0.05) is 43.0 Å². The first-order chi connectivity index (χ1) is 20.1. The summed E-state index contributed by atoms with van der Waals surface area (Å²) in [6, 6.07) is 6.24. The molecule has 1 aliphatic heterocycles. The number of nitrogens with zero attached hydrogens (tertiary/aromatic N) is 6. The van der Waals surface area contributed by atoms with Crippen molar-refractivity contribution in [1.82, 2.24) is 28.9 Å². The van der Waals surface area contributed by atoms with Crippen LogP contribution in [-0.2, 0) is 11.3 Å². The maximum Gasteiger partial charge on any atom is 0.410 e. The quantitative estimate of drug-likeness (QED) is 0.268. The summed E-state index contributed by atoms with van der Waals surface area (Å²) in [5.41, 5.74) is 4.62. The molecule has 2 aliphatic rings. The number of aromatic nitrogens is 5. The number of nitrogens with one attached hydrogen (secondary N) is 2. The number of fused-ring (bicyclic) bond motifs is 2. The average Bonchev–Trinajstić information content (AvgIpc) is 3.54. The second kappa shape index (κ2) is 11.1. The summed E-state index contributed by atoms with van der Waals surface area (Å²) in [7, 11) is 0. The van der Waals surface area contributed by atoms with Crippen LogP contribution in [0.3, 0.4) is 0 Å². The van der Waals surface area contributed by atoms with Gasteiger partial charge < -0.3 is 29.8 Å². The normalized spacial score (nSPS) is 19.5. The zero-order chi connectivity index (χ0) is 29.6. The minimum absolute atomic E-state index is 0.0220. The number of anilines is 2. The molecule has 0 spiro atoms. The lowest BCUT2D eigenvalue weighted by Crippen LogP contribution is -2.49. The van der Waals surface area contributed by atoms with Crippen molar-refractivity contribution in [2.24, 2.45) is 5.92 Å². The third-order valence-electron chi connectivity index (χ3n) is 8.07. The number of hydrogen-bond donors (Lipinski definition) is 3. The lowest BCUT2D eigenvalue weighted by molar-refractivity contribution is -0.0104. The van der Waals surface area contributed by atoms with Crippen molar-refractivity contribution in [2.75, 3.05) is 30.3 Å². The first-order valence-electron chi connectivity index (χ1n) is 15.0. The predicted octanol–water partition coefficient (Wildman–Crippen LogP) is 5.02. The van der Waals surface area contributed by atoms with E-state index in [0.29, 0.717) is 37.8 Å². The molecular weight excluding hydrogens is 532 g/mol. The van der Waals surface area contributed by atoms with Gasteiger partial charge in [-0.05, 0) is 63.5 Å². The maximum absolute atomic E-state index is 12.5. The number of imidazole rings is 1. The van der Waals surface area contributed by atoms with E-state index in [0.717, 1.165) is 28.4 Å². The number of rotatable bonds is 8. The fraction of sp³-hybridized carbons (Fsp3) is 0.548. The third-order valence-corrected chi connectivity index (χ3v) is 8.07. The van der Waals surface area contributed by atoms with E-state index in [4.69, 9.17) is 14.7 Å². The topological polar surface area (TPSA) is 121 Å². The van der Waals surface area contributed by atoms with E-state index in [1.165, 1.54) is 18.4 Å². The molecule has 42 heavy (non-hydrogen) atoms. The van der Waals surface area contributed by atoms with E-state index >= 15 is 0 Å². The number of pyridine rings is 1. The van der Waals surface area contributed by atoms with E-state index in [1.807, 2.05) is 37.5 Å². The highest BCUT2D eigenvalue weighted by Crippen LogP contribution is 2.41. The summed E-state index contributed by atoms with van der Waals surface area (Å²) in [6.07, 6.45) is 8.12. The number of piperidine rings is 1. The Morgan fingerprint density at radius 1 is 1.17 bits per heavy atom. The van der Waals surface area contributed by atoms with Gasteiger partial charge in [0.1, 0.15) is 22.9 Å². The van der Waals surface area contributed by atoms with Crippen molar-refractivity contribution in [3.63, 3.8) is 0 Å². The minimum Gasteiger partial charge on any atom is -0.444 e. The molecule has 0 aromatic carbocycles. The molecule has 1 saturated carbocycles. The Balaban J connectivity index is 1.17. The Hall–Kier alpha value is -3.86. The van der Waals surface area contributed by atoms with Crippen molar-refractivity contribution >= 4 is 29.0 Å². The Labute approximate surface area is 246 Å². The van der Waals surface area contributed by atoms with Crippen molar-refractivity contribution in [3.05, 3.63) is 53.6 Å². The molecule has 0 bridgehead atoms. The fourth-order valence-corrected chi connectivity index (χ4v) is 5.61. The monoisotopic (exact) mass is 574 g/mol. The van der Waals surface area contributed by atoms with E-state index in [1.54, 1.807) is 4.90 Å². The number of β-amino-alcohol motifs (C(OH)–C–C–N with tert-alkyl or cyclic N) is 1. The molecule has 1 aliphatic carbocycles. The van der Waals surface area contributed by atoms with Gasteiger partial charge >= 0.3 is 6.09 Å². The van der Waals surface area contributed by atoms with Crippen LogP contribution in [0.2, 0.25) is 0 Å². The molecule has 6 rings (SSSR count). The van der Waals surface area contributed by atoms with Gasteiger partial charge in [-0.2, -0.15) is 9.61 Å². The number of aliphatic hydroxyl groups is 1. The highest BCUT2D eigenvalue weighted by Gasteiger charge is 2.32. The SMILES string of the molecule is CC(C)c1cnn2c(NCc3cn4cccc(C5CC5)c4n3)cc(NC[C@H]3CCN(C(=O)OC(C)(C)C)C[C@@H]3O)nc12. The van der Waals surface area contributed by atoms with Crippen LogP contribution in [0.15, 0.2) is 36.8 Å². The number of hydrogen-bond acceptors (Lipinski definition) is 8. The molecule has 0 radical (unpaired) electrons. The van der Waals surface area contributed by atoms with Crippen molar-refractivity contribution in [2.45, 2.75) is 84.0 Å². The van der Waals surface area contributed by atoms with Crippen LogP contribution in [0, 0.1) is 5.92 Å². The van der Waals surface area contributed by atoms with Crippen LogP contribution in [0.4, 0.5) is 16.4 Å². The molecule has 224 valence electrons. The van der Waals surface area contributed by atoms with Crippen LogP contribution < -0.4 is 10.6 Å². The highest BCUT2D eigenvalue weighted by atomic mass is 16.6. The third kappa shape index (κ3) is 6.01. The molecule has 3 N–H and O–H groups in total. The fourth-order valence-electron chi connectivity index (χ4n) is 5.61. The molecule has 11 heteroatoms.